The number of nitrogens with two attached hydrogens (primary N) is 1. The molecule has 0 bridgehead atoms. The van der Waals surface area contributed by atoms with Crippen LogP contribution in [-0.2, 0) is 13.1 Å². The number of carbonyl (C=O) groups excluding carboxylic acids is 1. The van der Waals surface area contributed by atoms with Gasteiger partial charge in [-0.05, 0) is 31.8 Å². The van der Waals surface area contributed by atoms with E-state index in [-0.39, 0.29) is 11.6 Å². The Bertz CT molecular complexity index is 655. The van der Waals surface area contributed by atoms with Crippen LogP contribution in [0, 0.1) is 0 Å². The fourth-order valence-corrected chi connectivity index (χ4v) is 2.44. The van der Waals surface area contributed by atoms with Gasteiger partial charge in [-0.15, -0.1) is 5.10 Å². The summed E-state index contributed by atoms with van der Waals surface area (Å²) < 4.78 is 2.50. The van der Waals surface area contributed by atoms with E-state index in [4.69, 9.17) is 5.73 Å². The summed E-state index contributed by atoms with van der Waals surface area (Å²) in [5.74, 6) is -0.296. The van der Waals surface area contributed by atoms with Gasteiger partial charge in [0.2, 0.25) is 0 Å². The number of amides is 1. The minimum Gasteiger partial charge on any atom is -0.329 e. The van der Waals surface area contributed by atoms with Crippen LogP contribution in [-0.4, -0.2) is 46.4 Å². The lowest BCUT2D eigenvalue weighted by molar-refractivity contribution is 0.102. The van der Waals surface area contributed by atoms with Gasteiger partial charge in [0.25, 0.3) is 5.91 Å². The highest BCUT2D eigenvalue weighted by atomic mass is 79.9. The Kier molecular flexibility index (Phi) is 5.64. The maximum atomic E-state index is 12.1. The number of nitrogens with one attached hydrogen (secondary N) is 1. The van der Waals surface area contributed by atoms with Gasteiger partial charge < -0.3 is 16.0 Å². The van der Waals surface area contributed by atoms with E-state index in [2.05, 4.69) is 36.5 Å². The molecule has 0 radical (unpaired) electrons. The molecular formula is C14H19BrN6O. The highest BCUT2D eigenvalue weighted by Gasteiger charge is 2.12. The molecule has 0 aliphatic rings. The van der Waals surface area contributed by atoms with Gasteiger partial charge in [-0.2, -0.15) is 0 Å². The highest BCUT2D eigenvalue weighted by molar-refractivity contribution is 9.10. The molecule has 0 aliphatic carbocycles. The van der Waals surface area contributed by atoms with Crippen LogP contribution in [0.4, 0.5) is 5.69 Å². The number of halogens is 1. The first kappa shape index (κ1) is 16.6. The first-order valence-corrected chi connectivity index (χ1v) is 7.63. The predicted octanol–water partition coefficient (Wildman–Crippen LogP) is 1.31. The predicted molar refractivity (Wildman–Crippen MR) is 88.6 cm³/mol. The van der Waals surface area contributed by atoms with Gasteiger partial charge in [-0.1, -0.05) is 27.2 Å². The number of hydrogen-bond acceptors (Lipinski definition) is 5. The largest absolute Gasteiger partial charge is 0.329 e. The van der Waals surface area contributed by atoms with Crippen molar-refractivity contribution in [2.45, 2.75) is 13.1 Å². The Morgan fingerprint density at radius 3 is 2.86 bits per heavy atom. The fraction of sp³-hybridized carbons (Fsp3) is 0.357. The van der Waals surface area contributed by atoms with Crippen LogP contribution in [0.3, 0.4) is 0 Å². The van der Waals surface area contributed by atoms with E-state index in [0.29, 0.717) is 18.8 Å². The number of rotatable bonds is 6. The molecule has 2 aromatic rings. The average molecular weight is 367 g/mol. The Morgan fingerprint density at radius 1 is 1.45 bits per heavy atom. The summed E-state index contributed by atoms with van der Waals surface area (Å²) in [5.41, 5.74) is 7.55. The molecule has 0 aliphatic heterocycles. The van der Waals surface area contributed by atoms with Crippen molar-refractivity contribution in [1.29, 1.82) is 0 Å². The molecule has 8 heteroatoms. The Labute approximate surface area is 137 Å². The van der Waals surface area contributed by atoms with Crippen molar-refractivity contribution in [3.8, 4) is 0 Å². The van der Waals surface area contributed by atoms with Gasteiger partial charge >= 0.3 is 0 Å². The standard InChI is InChI=1S/C14H19BrN6O/c1-20(2)8-10-3-4-11(7-12(10)15)17-14(22)13-9-21(6-5-16)19-18-13/h3-4,7,9H,5-6,8,16H2,1-2H3,(H,17,22). The summed E-state index contributed by atoms with van der Waals surface area (Å²) in [6, 6.07) is 5.72. The lowest BCUT2D eigenvalue weighted by Gasteiger charge is -2.12. The molecule has 7 nitrogen and oxygen atoms in total. The zero-order valence-corrected chi connectivity index (χ0v) is 14.2. The van der Waals surface area contributed by atoms with Crippen LogP contribution in [0.2, 0.25) is 0 Å². The van der Waals surface area contributed by atoms with Crippen molar-refractivity contribution >= 4 is 27.5 Å². The van der Waals surface area contributed by atoms with Gasteiger partial charge in [0.05, 0.1) is 12.7 Å². The molecule has 0 spiro atoms. The van der Waals surface area contributed by atoms with Crippen LogP contribution in [0.15, 0.2) is 28.9 Å². The van der Waals surface area contributed by atoms with Crippen molar-refractivity contribution in [2.75, 3.05) is 26.0 Å². The van der Waals surface area contributed by atoms with E-state index >= 15 is 0 Å². The zero-order valence-electron chi connectivity index (χ0n) is 12.6. The van der Waals surface area contributed by atoms with E-state index in [9.17, 15) is 4.79 Å². The molecule has 0 saturated heterocycles. The van der Waals surface area contributed by atoms with Crippen LogP contribution >= 0.6 is 15.9 Å². The number of hydrogen-bond donors (Lipinski definition) is 2. The Balaban J connectivity index is 2.06. The molecule has 0 unspecified atom stereocenters. The van der Waals surface area contributed by atoms with E-state index < -0.39 is 0 Å². The van der Waals surface area contributed by atoms with E-state index in [1.54, 1.807) is 10.9 Å². The maximum Gasteiger partial charge on any atom is 0.277 e. The number of carbonyl (C=O) groups is 1. The van der Waals surface area contributed by atoms with Gasteiger partial charge in [-0.3, -0.25) is 9.48 Å². The summed E-state index contributed by atoms with van der Waals surface area (Å²) in [4.78, 5) is 14.2. The second-order valence-electron chi connectivity index (χ2n) is 5.15. The molecule has 2 rings (SSSR count). The molecule has 22 heavy (non-hydrogen) atoms. The summed E-state index contributed by atoms with van der Waals surface area (Å²) in [5, 5.41) is 10.5. The van der Waals surface area contributed by atoms with Gasteiger partial charge in [0.1, 0.15) is 0 Å². The summed E-state index contributed by atoms with van der Waals surface area (Å²) in [6.07, 6.45) is 1.58. The zero-order chi connectivity index (χ0) is 16.1. The molecule has 1 aromatic carbocycles. The molecular weight excluding hydrogens is 348 g/mol. The van der Waals surface area contributed by atoms with E-state index in [1.165, 1.54) is 0 Å². The average Bonchev–Trinajstić information content (AvgIpc) is 2.91. The molecule has 0 fully saturated rings. The lowest BCUT2D eigenvalue weighted by atomic mass is 10.2. The number of nitrogens with zero attached hydrogens (tertiary/aromatic N) is 4. The van der Waals surface area contributed by atoms with Gasteiger partial charge in [-0.25, -0.2) is 0 Å². The van der Waals surface area contributed by atoms with Crippen molar-refractivity contribution in [1.82, 2.24) is 19.9 Å². The highest BCUT2D eigenvalue weighted by Crippen LogP contribution is 2.22. The first-order chi connectivity index (χ1) is 10.5. The molecule has 1 heterocycles. The van der Waals surface area contributed by atoms with Crippen LogP contribution < -0.4 is 11.1 Å². The third-order valence-electron chi connectivity index (χ3n) is 2.93. The lowest BCUT2D eigenvalue weighted by Crippen LogP contribution is -2.14. The SMILES string of the molecule is CN(C)Cc1ccc(NC(=O)c2cn(CCN)nn2)cc1Br. The second kappa shape index (κ2) is 7.48. The molecule has 1 amide bonds. The van der Waals surface area contributed by atoms with Crippen LogP contribution in [0.25, 0.3) is 0 Å². The first-order valence-electron chi connectivity index (χ1n) is 6.84. The summed E-state index contributed by atoms with van der Waals surface area (Å²) in [6.45, 7) is 1.80. The third kappa shape index (κ3) is 4.36. The fourth-order valence-electron chi connectivity index (χ4n) is 1.93. The molecule has 1 aromatic heterocycles. The second-order valence-corrected chi connectivity index (χ2v) is 6.01. The molecule has 118 valence electrons. The summed E-state index contributed by atoms with van der Waals surface area (Å²) >= 11 is 3.52. The number of aromatic nitrogens is 3. The van der Waals surface area contributed by atoms with E-state index in [1.807, 2.05) is 32.3 Å². The smallest absolute Gasteiger partial charge is 0.277 e. The minimum absolute atomic E-state index is 0.266. The Hall–Kier alpha value is -1.77. The van der Waals surface area contributed by atoms with E-state index in [0.717, 1.165) is 16.6 Å². The molecule has 0 saturated carbocycles. The third-order valence-corrected chi connectivity index (χ3v) is 3.67. The minimum atomic E-state index is -0.296. The Morgan fingerprint density at radius 2 is 2.23 bits per heavy atom. The monoisotopic (exact) mass is 366 g/mol. The number of anilines is 1. The number of benzene rings is 1. The quantitative estimate of drug-likeness (QED) is 0.804. The van der Waals surface area contributed by atoms with Crippen molar-refractivity contribution in [3.63, 3.8) is 0 Å². The normalized spacial score (nSPS) is 11.0. The van der Waals surface area contributed by atoms with Crippen molar-refractivity contribution < 1.29 is 4.79 Å². The topological polar surface area (TPSA) is 89.1 Å². The molecule has 0 atom stereocenters. The van der Waals surface area contributed by atoms with Crippen LogP contribution in [0.1, 0.15) is 16.1 Å². The molecule has 3 N–H and O–H groups in total. The maximum absolute atomic E-state index is 12.1. The van der Waals surface area contributed by atoms with Crippen molar-refractivity contribution in [2.24, 2.45) is 5.73 Å². The van der Waals surface area contributed by atoms with Crippen molar-refractivity contribution in [3.05, 3.63) is 40.1 Å². The van der Waals surface area contributed by atoms with Gasteiger partial charge in [0, 0.05) is 23.2 Å². The van der Waals surface area contributed by atoms with Gasteiger partial charge in [0.15, 0.2) is 5.69 Å². The summed E-state index contributed by atoms with van der Waals surface area (Å²) in [7, 11) is 4.01. The van der Waals surface area contributed by atoms with Crippen LogP contribution in [0.5, 0.6) is 0 Å².